The molecule has 10 aromatic rings. The fourth-order valence-corrected chi connectivity index (χ4v) is 5.79. The van der Waals surface area contributed by atoms with Crippen LogP contribution in [0.1, 0.15) is 34.3 Å². The van der Waals surface area contributed by atoms with Crippen LogP contribution in [0.3, 0.4) is 0 Å². The van der Waals surface area contributed by atoms with Crippen molar-refractivity contribution in [3.05, 3.63) is 157 Å². The summed E-state index contributed by atoms with van der Waals surface area (Å²) < 4.78 is 225. The van der Waals surface area contributed by atoms with E-state index in [1.165, 1.54) is 0 Å². The van der Waals surface area contributed by atoms with E-state index in [0.717, 1.165) is 19.8 Å². The maximum atomic E-state index is 9.74. The van der Waals surface area contributed by atoms with Gasteiger partial charge < -0.3 is 9.13 Å². The van der Waals surface area contributed by atoms with E-state index in [-0.39, 0.29) is 5.39 Å². The lowest BCUT2D eigenvalue weighted by Crippen LogP contribution is -1.99. The molecule has 210 valence electrons. The van der Waals surface area contributed by atoms with E-state index in [0.29, 0.717) is 0 Å². The predicted octanol–water partition coefficient (Wildman–Crippen LogP) is 10.4. The Balaban J connectivity index is 1.50. The van der Waals surface area contributed by atoms with Crippen molar-refractivity contribution in [1.29, 1.82) is 0 Å². The second-order valence-electron chi connectivity index (χ2n) is 9.78. The minimum absolute atomic E-state index is 0.281. The number of pyridine rings is 1. The van der Waals surface area contributed by atoms with E-state index < -0.39 is 228 Å². The van der Waals surface area contributed by atoms with E-state index in [9.17, 15) is 9.60 Å². The van der Waals surface area contributed by atoms with Gasteiger partial charge in [0.05, 0.1) is 78.6 Å². The molecular formula is C41H26N4. The van der Waals surface area contributed by atoms with Crippen LogP contribution in [-0.4, -0.2) is 18.7 Å². The largest absolute Gasteiger partial charge is 0.309 e. The third kappa shape index (κ3) is 3.34. The Morgan fingerprint density at radius 3 is 1.71 bits per heavy atom. The lowest BCUT2D eigenvalue weighted by Gasteiger charge is -2.12. The van der Waals surface area contributed by atoms with Crippen LogP contribution in [0.2, 0.25) is 0 Å². The average molecular weight is 600 g/mol. The zero-order valence-corrected chi connectivity index (χ0v) is 22.4. The molecule has 0 aliphatic heterocycles. The topological polar surface area (TPSA) is 27.7 Å². The van der Waals surface area contributed by atoms with Gasteiger partial charge in [-0.1, -0.05) is 96.7 Å². The Labute approximate surface area is 293 Å². The molecule has 4 heterocycles. The molecule has 0 radical (unpaired) electrons. The Kier molecular flexibility index (Phi) is 2.14. The molecule has 4 heteroatoms. The summed E-state index contributed by atoms with van der Waals surface area (Å²) in [4.78, 5) is 4.66. The van der Waals surface area contributed by atoms with Crippen molar-refractivity contribution in [2.75, 3.05) is 0 Å². The van der Waals surface area contributed by atoms with Crippen molar-refractivity contribution in [2.24, 2.45) is 0 Å². The summed E-state index contributed by atoms with van der Waals surface area (Å²) in [5.41, 5.74) is -4.92. The van der Waals surface area contributed by atoms with Crippen LogP contribution in [0.15, 0.2) is 157 Å². The van der Waals surface area contributed by atoms with Gasteiger partial charge in [0.15, 0.2) is 0 Å². The maximum absolute atomic E-state index is 9.74. The number of fused-ring (bicyclic) bond motifs is 9. The van der Waals surface area contributed by atoms with Crippen molar-refractivity contribution >= 4 is 65.5 Å². The predicted molar refractivity (Wildman–Crippen MR) is 187 cm³/mol. The zero-order valence-electron chi connectivity index (χ0n) is 47.4. The number of para-hydroxylation sites is 5. The first-order valence-corrected chi connectivity index (χ1v) is 13.3. The van der Waals surface area contributed by atoms with Crippen molar-refractivity contribution in [3.63, 3.8) is 0 Å². The lowest BCUT2D eigenvalue weighted by atomic mass is 10.1. The number of aromatic nitrogens is 4. The van der Waals surface area contributed by atoms with Gasteiger partial charge in [0.25, 0.3) is 0 Å². The summed E-state index contributed by atoms with van der Waals surface area (Å²) in [7, 11) is 0. The van der Waals surface area contributed by atoms with Gasteiger partial charge in [-0.25, -0.2) is 4.98 Å². The molecule has 10 rings (SSSR count). The summed E-state index contributed by atoms with van der Waals surface area (Å²) in [6.07, 6.45) is 0. The van der Waals surface area contributed by atoms with Crippen LogP contribution >= 0.6 is 0 Å². The van der Waals surface area contributed by atoms with Gasteiger partial charge in [-0.3, -0.25) is 4.57 Å². The first-order valence-electron chi connectivity index (χ1n) is 25.8. The van der Waals surface area contributed by atoms with Crippen molar-refractivity contribution in [3.8, 4) is 17.2 Å². The third-order valence-electron chi connectivity index (χ3n) is 7.54. The normalized spacial score (nSPS) is 19.8. The summed E-state index contributed by atoms with van der Waals surface area (Å²) in [5, 5.41) is -1.99. The molecule has 4 aromatic heterocycles. The number of benzene rings is 6. The van der Waals surface area contributed by atoms with Gasteiger partial charge in [0, 0.05) is 32.6 Å². The molecular weight excluding hydrogens is 548 g/mol. The van der Waals surface area contributed by atoms with Crippen molar-refractivity contribution in [2.45, 2.75) is 0 Å². The molecule has 6 aromatic carbocycles. The number of hydrogen-bond acceptors (Lipinski definition) is 1. The van der Waals surface area contributed by atoms with Gasteiger partial charge in [-0.05, 0) is 60.4 Å². The molecule has 0 unspecified atom stereocenters. The van der Waals surface area contributed by atoms with Crippen LogP contribution in [0.25, 0.3) is 82.7 Å². The first-order chi connectivity index (χ1) is 32.7. The van der Waals surface area contributed by atoms with Crippen molar-refractivity contribution < 1.29 is 34.3 Å². The van der Waals surface area contributed by atoms with Gasteiger partial charge in [-0.15, -0.1) is 0 Å². The minimum Gasteiger partial charge on any atom is -0.309 e. The van der Waals surface area contributed by atoms with Crippen LogP contribution in [-0.2, 0) is 0 Å². The Hall–Kier alpha value is -6.13. The summed E-state index contributed by atoms with van der Waals surface area (Å²) >= 11 is 0. The Morgan fingerprint density at radius 2 is 0.978 bits per heavy atom. The average Bonchev–Trinajstić information content (AvgIpc) is 3.98. The van der Waals surface area contributed by atoms with Gasteiger partial charge in [-0.2, -0.15) is 0 Å². The van der Waals surface area contributed by atoms with Crippen LogP contribution in [0, 0.1) is 0 Å². The van der Waals surface area contributed by atoms with E-state index in [1.54, 1.807) is 0 Å². The summed E-state index contributed by atoms with van der Waals surface area (Å²) in [6, 6.07) is -19.4. The molecule has 0 amide bonds. The number of nitrogens with zero attached hydrogens (tertiary/aromatic N) is 4. The molecule has 0 spiro atoms. The Morgan fingerprint density at radius 1 is 0.400 bits per heavy atom. The molecule has 0 bridgehead atoms. The monoisotopic (exact) mass is 599 g/mol. The molecule has 0 saturated heterocycles. The molecule has 0 N–H and O–H groups in total. The summed E-state index contributed by atoms with van der Waals surface area (Å²) in [5.74, 6) is -0.712. The molecule has 0 saturated carbocycles. The molecule has 0 aliphatic carbocycles. The zero-order chi connectivity index (χ0) is 51.2. The highest BCUT2D eigenvalue weighted by Crippen LogP contribution is 2.40. The van der Waals surface area contributed by atoms with Gasteiger partial charge in [0.2, 0.25) is 0 Å². The van der Waals surface area contributed by atoms with Gasteiger partial charge in [0.1, 0.15) is 5.82 Å². The summed E-state index contributed by atoms with van der Waals surface area (Å²) in [6.45, 7) is 0. The number of rotatable bonds is 3. The standard InChI is InChI=1S/C41H26N4/c1-2-13-27(14-3-1)43-34-21-10-6-17-30(34)40-36(43)23-12-24-37(40)44-35-22-11-7-18-31(35)41-38(44)25-26-39(42-41)45-32-19-8-4-15-28(32)29-16-5-9-20-33(29)45/h1-26H/i1D,2D,3D,4D,5D,6D,7D,8D,9D,10D,11D,12D,13D,14D,15D,16D,18D,19D,20D,21D,22D,23D,24D,25D,26D. The van der Waals surface area contributed by atoms with E-state index >= 15 is 0 Å². The van der Waals surface area contributed by atoms with Crippen LogP contribution in [0.5, 0.6) is 0 Å². The first kappa shape index (κ1) is 10.5. The number of hydrogen-bond donors (Lipinski definition) is 0. The quantitative estimate of drug-likeness (QED) is 0.199. The fourth-order valence-electron chi connectivity index (χ4n) is 5.79. The van der Waals surface area contributed by atoms with Crippen LogP contribution < -0.4 is 0 Å². The van der Waals surface area contributed by atoms with E-state index in [2.05, 4.69) is 4.98 Å². The highest BCUT2D eigenvalue weighted by atomic mass is 15.1. The van der Waals surface area contributed by atoms with Gasteiger partial charge >= 0.3 is 0 Å². The molecule has 0 atom stereocenters. The minimum atomic E-state index is -0.936. The maximum Gasteiger partial charge on any atom is 0.138 e. The van der Waals surface area contributed by atoms with E-state index in [4.69, 9.17) is 24.7 Å². The second-order valence-corrected chi connectivity index (χ2v) is 9.78. The highest BCUT2D eigenvalue weighted by Gasteiger charge is 2.21. The second kappa shape index (κ2) is 9.18. The van der Waals surface area contributed by atoms with Crippen molar-refractivity contribution in [1.82, 2.24) is 18.7 Å². The Bertz CT molecular complexity index is 4080. The SMILES string of the molecule is [2H]c1cc2c3c(-n4c5c([2H])c([2H])c(-n6c7c([2H])c([2H])c([2H])c([2H])c7c7c([2H])c([2H])c([2H])c([2H])c76)nc5c5c([2H])c([2H])c([2H])c([2H])c54)c([2H])c([2H])c([2H])c3n(-c3c([2H])c([2H])c([2H])c([2H])c3[2H])c2c([2H])c1[2H]. The van der Waals surface area contributed by atoms with Crippen LogP contribution in [0.4, 0.5) is 0 Å². The lowest BCUT2D eigenvalue weighted by molar-refractivity contribution is 1.10. The molecule has 45 heavy (non-hydrogen) atoms. The highest BCUT2D eigenvalue weighted by molar-refractivity contribution is 6.16. The van der Waals surface area contributed by atoms with E-state index in [1.807, 2.05) is 0 Å². The molecule has 0 fully saturated rings. The third-order valence-corrected chi connectivity index (χ3v) is 7.54. The molecule has 0 aliphatic rings. The fraction of sp³-hybridized carbons (Fsp3) is 0. The smallest absolute Gasteiger partial charge is 0.138 e. The molecule has 4 nitrogen and oxygen atoms in total.